The first-order chi connectivity index (χ1) is 7.78. The lowest BCUT2D eigenvalue weighted by Crippen LogP contribution is -2.36. The van der Waals surface area contributed by atoms with Crippen molar-refractivity contribution in [1.82, 2.24) is 5.32 Å². The van der Waals surface area contributed by atoms with E-state index in [4.69, 9.17) is 0 Å². The molecular formula is C10H10BrF3N2O. The number of amides is 2. The van der Waals surface area contributed by atoms with Crippen molar-refractivity contribution in [3.8, 4) is 0 Å². The fraction of sp³-hybridized carbons (Fsp3) is 0.300. The lowest BCUT2D eigenvalue weighted by atomic mass is 10.2. The van der Waals surface area contributed by atoms with Crippen LogP contribution in [0.4, 0.5) is 23.7 Å². The third kappa shape index (κ3) is 5.08. The first-order valence-electron chi connectivity index (χ1n) is 4.66. The number of hydrogen-bond donors (Lipinski definition) is 2. The standard InChI is InChI=1S/C10H10BrF3N2O/c1-6-4-7(2-3-8(6)11)16-9(17)15-5-10(12,13)14/h2-4H,5H2,1H3,(H2,15,16,17). The van der Waals surface area contributed by atoms with E-state index in [1.165, 1.54) is 0 Å². The van der Waals surface area contributed by atoms with Crippen LogP contribution in [0.3, 0.4) is 0 Å². The Labute approximate surface area is 105 Å². The maximum Gasteiger partial charge on any atom is 0.405 e. The number of benzene rings is 1. The summed E-state index contributed by atoms with van der Waals surface area (Å²) in [5, 5.41) is 4.03. The quantitative estimate of drug-likeness (QED) is 0.863. The predicted octanol–water partition coefficient (Wildman–Crippen LogP) is 3.44. The van der Waals surface area contributed by atoms with Gasteiger partial charge in [0.2, 0.25) is 0 Å². The number of aryl methyl sites for hydroxylation is 1. The van der Waals surface area contributed by atoms with Crippen LogP contribution in [0, 0.1) is 6.92 Å². The highest BCUT2D eigenvalue weighted by atomic mass is 79.9. The van der Waals surface area contributed by atoms with Crippen LogP contribution in [0.2, 0.25) is 0 Å². The molecule has 0 radical (unpaired) electrons. The average Bonchev–Trinajstić information content (AvgIpc) is 2.20. The highest BCUT2D eigenvalue weighted by Crippen LogP contribution is 2.20. The van der Waals surface area contributed by atoms with Gasteiger partial charge in [0.15, 0.2) is 0 Å². The largest absolute Gasteiger partial charge is 0.405 e. The number of carbonyl (C=O) groups is 1. The zero-order valence-corrected chi connectivity index (χ0v) is 10.4. The molecule has 17 heavy (non-hydrogen) atoms. The molecule has 2 N–H and O–H groups in total. The summed E-state index contributed by atoms with van der Waals surface area (Å²) in [6.45, 7) is 0.456. The van der Waals surface area contributed by atoms with E-state index in [1.807, 2.05) is 6.92 Å². The summed E-state index contributed by atoms with van der Waals surface area (Å²) >= 11 is 3.28. The summed E-state index contributed by atoms with van der Waals surface area (Å²) in [5.74, 6) is 0. The Morgan fingerprint density at radius 1 is 1.41 bits per heavy atom. The van der Waals surface area contributed by atoms with Crippen LogP contribution >= 0.6 is 15.9 Å². The zero-order chi connectivity index (χ0) is 13.1. The lowest BCUT2D eigenvalue weighted by Gasteiger charge is -2.10. The molecule has 1 rings (SSSR count). The number of rotatable bonds is 2. The number of urea groups is 1. The SMILES string of the molecule is Cc1cc(NC(=O)NCC(F)(F)F)ccc1Br. The average molecular weight is 311 g/mol. The molecule has 0 atom stereocenters. The van der Waals surface area contributed by atoms with Gasteiger partial charge in [-0.1, -0.05) is 15.9 Å². The number of nitrogens with one attached hydrogen (secondary N) is 2. The molecule has 7 heteroatoms. The second kappa shape index (κ2) is 5.39. The maximum atomic E-state index is 11.8. The molecular weight excluding hydrogens is 301 g/mol. The molecule has 0 aliphatic rings. The van der Waals surface area contributed by atoms with Gasteiger partial charge in [0.1, 0.15) is 6.54 Å². The minimum Gasteiger partial charge on any atom is -0.329 e. The van der Waals surface area contributed by atoms with Gasteiger partial charge in [0, 0.05) is 10.2 Å². The molecule has 0 spiro atoms. The van der Waals surface area contributed by atoms with Crippen LogP contribution in [-0.4, -0.2) is 18.8 Å². The first kappa shape index (κ1) is 13.8. The number of alkyl halides is 3. The minimum atomic E-state index is -4.41. The molecule has 1 aromatic rings. The second-order valence-electron chi connectivity index (χ2n) is 3.39. The second-order valence-corrected chi connectivity index (χ2v) is 4.24. The van der Waals surface area contributed by atoms with Gasteiger partial charge in [0.05, 0.1) is 0 Å². The number of hydrogen-bond acceptors (Lipinski definition) is 1. The van der Waals surface area contributed by atoms with Crippen molar-refractivity contribution >= 4 is 27.6 Å². The van der Waals surface area contributed by atoms with Gasteiger partial charge < -0.3 is 10.6 Å². The molecule has 0 saturated heterocycles. The van der Waals surface area contributed by atoms with Crippen LogP contribution < -0.4 is 10.6 Å². The highest BCUT2D eigenvalue weighted by Gasteiger charge is 2.27. The molecule has 3 nitrogen and oxygen atoms in total. The summed E-state index contributed by atoms with van der Waals surface area (Å²) in [4.78, 5) is 11.1. The van der Waals surface area contributed by atoms with E-state index in [2.05, 4.69) is 21.2 Å². The topological polar surface area (TPSA) is 41.1 Å². The molecule has 94 valence electrons. The van der Waals surface area contributed by atoms with Crippen molar-refractivity contribution in [2.24, 2.45) is 0 Å². The molecule has 0 aromatic heterocycles. The Hall–Kier alpha value is -1.24. The Bertz CT molecular complexity index is 421. The number of halogens is 4. The Kier molecular flexibility index (Phi) is 4.39. The van der Waals surface area contributed by atoms with Gasteiger partial charge in [-0.3, -0.25) is 0 Å². The van der Waals surface area contributed by atoms with Crippen molar-refractivity contribution < 1.29 is 18.0 Å². The smallest absolute Gasteiger partial charge is 0.329 e. The van der Waals surface area contributed by atoms with E-state index in [9.17, 15) is 18.0 Å². The van der Waals surface area contributed by atoms with Gasteiger partial charge in [-0.2, -0.15) is 13.2 Å². The minimum absolute atomic E-state index is 0.436. The van der Waals surface area contributed by atoms with E-state index in [-0.39, 0.29) is 0 Å². The molecule has 0 unspecified atom stereocenters. The van der Waals surface area contributed by atoms with E-state index >= 15 is 0 Å². The van der Waals surface area contributed by atoms with E-state index in [0.29, 0.717) is 5.69 Å². The van der Waals surface area contributed by atoms with Crippen molar-refractivity contribution in [3.05, 3.63) is 28.2 Å². The van der Waals surface area contributed by atoms with Gasteiger partial charge in [-0.15, -0.1) is 0 Å². The first-order valence-corrected chi connectivity index (χ1v) is 5.45. The van der Waals surface area contributed by atoms with E-state index in [0.717, 1.165) is 10.0 Å². The van der Waals surface area contributed by atoms with Crippen molar-refractivity contribution in [3.63, 3.8) is 0 Å². The van der Waals surface area contributed by atoms with E-state index in [1.54, 1.807) is 23.5 Å². The van der Waals surface area contributed by atoms with Gasteiger partial charge >= 0.3 is 12.2 Å². The Morgan fingerprint density at radius 3 is 2.59 bits per heavy atom. The molecule has 0 fully saturated rings. The maximum absolute atomic E-state index is 11.8. The lowest BCUT2D eigenvalue weighted by molar-refractivity contribution is -0.122. The molecule has 0 heterocycles. The van der Waals surface area contributed by atoms with Gasteiger partial charge in [-0.05, 0) is 30.7 Å². The van der Waals surface area contributed by atoms with E-state index < -0.39 is 18.8 Å². The normalized spacial score (nSPS) is 11.1. The van der Waals surface area contributed by atoms with Crippen LogP contribution in [0.5, 0.6) is 0 Å². The van der Waals surface area contributed by atoms with Crippen LogP contribution in [-0.2, 0) is 0 Å². The van der Waals surface area contributed by atoms with Crippen molar-refractivity contribution in [1.29, 1.82) is 0 Å². The van der Waals surface area contributed by atoms with Gasteiger partial charge in [0.25, 0.3) is 0 Å². The van der Waals surface area contributed by atoms with Crippen LogP contribution in [0.1, 0.15) is 5.56 Å². The Morgan fingerprint density at radius 2 is 2.06 bits per heavy atom. The zero-order valence-electron chi connectivity index (χ0n) is 8.86. The summed E-state index contributed by atoms with van der Waals surface area (Å²) in [6.07, 6.45) is -4.41. The van der Waals surface area contributed by atoms with Crippen molar-refractivity contribution in [2.45, 2.75) is 13.1 Å². The fourth-order valence-corrected chi connectivity index (χ4v) is 1.32. The summed E-state index contributed by atoms with van der Waals surface area (Å²) in [7, 11) is 0. The summed E-state index contributed by atoms with van der Waals surface area (Å²) in [5.41, 5.74) is 1.31. The Balaban J connectivity index is 2.54. The number of anilines is 1. The van der Waals surface area contributed by atoms with Crippen molar-refractivity contribution in [2.75, 3.05) is 11.9 Å². The number of carbonyl (C=O) groups excluding carboxylic acids is 1. The third-order valence-electron chi connectivity index (χ3n) is 1.87. The van der Waals surface area contributed by atoms with Gasteiger partial charge in [-0.25, -0.2) is 4.79 Å². The molecule has 0 aliphatic heterocycles. The predicted molar refractivity (Wildman–Crippen MR) is 62.0 cm³/mol. The molecule has 0 aliphatic carbocycles. The molecule has 0 bridgehead atoms. The molecule has 1 aromatic carbocycles. The summed E-state index contributed by atoms with van der Waals surface area (Å²) < 4.78 is 36.3. The highest BCUT2D eigenvalue weighted by molar-refractivity contribution is 9.10. The fourth-order valence-electron chi connectivity index (χ4n) is 1.08. The monoisotopic (exact) mass is 310 g/mol. The van der Waals surface area contributed by atoms with Crippen LogP contribution in [0.15, 0.2) is 22.7 Å². The molecule has 0 saturated carbocycles. The van der Waals surface area contributed by atoms with Crippen LogP contribution in [0.25, 0.3) is 0 Å². The molecule has 2 amide bonds. The third-order valence-corrected chi connectivity index (χ3v) is 2.75. The summed E-state index contributed by atoms with van der Waals surface area (Å²) in [6, 6.07) is 4.06.